The summed E-state index contributed by atoms with van der Waals surface area (Å²) in [5.74, 6) is -1.89. The third-order valence-corrected chi connectivity index (χ3v) is 4.27. The molecule has 2 amide bonds. The zero-order valence-corrected chi connectivity index (χ0v) is 15.0. The van der Waals surface area contributed by atoms with Crippen LogP contribution in [0, 0.1) is 0 Å². The molecular weight excluding hydrogens is 364 g/mol. The number of hydrogen-bond donors (Lipinski definition) is 3. The SMILES string of the molecule is O=C(NNC(=O)C(c1ccccc1)c1ccccc1)c1cc(Cl)ccc1O. The Morgan fingerprint density at radius 2 is 1.37 bits per heavy atom. The molecule has 0 aromatic heterocycles. The van der Waals surface area contributed by atoms with E-state index in [1.807, 2.05) is 60.7 Å². The topological polar surface area (TPSA) is 78.4 Å². The first-order valence-corrected chi connectivity index (χ1v) is 8.62. The largest absolute Gasteiger partial charge is 0.507 e. The summed E-state index contributed by atoms with van der Waals surface area (Å²) in [5.41, 5.74) is 6.32. The Kier molecular flexibility index (Phi) is 5.74. The van der Waals surface area contributed by atoms with Gasteiger partial charge in [0.25, 0.3) is 5.91 Å². The Hall–Kier alpha value is -3.31. The van der Waals surface area contributed by atoms with E-state index in [-0.39, 0.29) is 11.3 Å². The first kappa shape index (κ1) is 18.5. The van der Waals surface area contributed by atoms with Gasteiger partial charge in [-0.1, -0.05) is 72.3 Å². The van der Waals surface area contributed by atoms with E-state index in [0.29, 0.717) is 5.02 Å². The van der Waals surface area contributed by atoms with Crippen molar-refractivity contribution in [2.45, 2.75) is 5.92 Å². The number of benzene rings is 3. The molecule has 27 heavy (non-hydrogen) atoms. The van der Waals surface area contributed by atoms with Gasteiger partial charge in [-0.15, -0.1) is 0 Å². The predicted molar refractivity (Wildman–Crippen MR) is 103 cm³/mol. The molecule has 136 valence electrons. The van der Waals surface area contributed by atoms with E-state index in [0.717, 1.165) is 11.1 Å². The molecule has 0 aliphatic carbocycles. The molecule has 0 spiro atoms. The number of hydrazine groups is 1. The van der Waals surface area contributed by atoms with Gasteiger partial charge in [0.05, 0.1) is 11.5 Å². The van der Waals surface area contributed by atoms with Crippen LogP contribution in [0.2, 0.25) is 5.02 Å². The number of rotatable bonds is 4. The lowest BCUT2D eigenvalue weighted by molar-refractivity contribution is -0.122. The molecule has 5 nitrogen and oxygen atoms in total. The Labute approximate surface area is 161 Å². The van der Waals surface area contributed by atoms with E-state index in [4.69, 9.17) is 11.6 Å². The number of carbonyl (C=O) groups is 2. The molecule has 3 rings (SSSR count). The number of phenols is 1. The molecular formula is C21H17ClN2O3. The van der Waals surface area contributed by atoms with Gasteiger partial charge in [0.2, 0.25) is 5.91 Å². The lowest BCUT2D eigenvalue weighted by Crippen LogP contribution is -2.44. The maximum Gasteiger partial charge on any atom is 0.273 e. The summed E-state index contributed by atoms with van der Waals surface area (Å²) < 4.78 is 0. The lowest BCUT2D eigenvalue weighted by Gasteiger charge is -2.18. The minimum atomic E-state index is -0.664. The molecule has 0 saturated carbocycles. The van der Waals surface area contributed by atoms with Crippen LogP contribution >= 0.6 is 11.6 Å². The second-order valence-corrected chi connectivity index (χ2v) is 6.30. The van der Waals surface area contributed by atoms with Crippen molar-refractivity contribution in [3.63, 3.8) is 0 Å². The van der Waals surface area contributed by atoms with Gasteiger partial charge in [0.1, 0.15) is 5.75 Å². The van der Waals surface area contributed by atoms with Crippen LogP contribution in [0.5, 0.6) is 5.75 Å². The fourth-order valence-electron chi connectivity index (χ4n) is 2.73. The minimum absolute atomic E-state index is 0.0289. The highest BCUT2D eigenvalue weighted by Crippen LogP contribution is 2.25. The molecule has 0 radical (unpaired) electrons. The van der Waals surface area contributed by atoms with Crippen molar-refractivity contribution < 1.29 is 14.7 Å². The maximum atomic E-state index is 12.8. The highest BCUT2D eigenvalue weighted by Gasteiger charge is 2.23. The molecule has 0 atom stereocenters. The van der Waals surface area contributed by atoms with Gasteiger partial charge in [-0.25, -0.2) is 0 Å². The summed E-state index contributed by atoms with van der Waals surface area (Å²) >= 11 is 5.86. The van der Waals surface area contributed by atoms with Gasteiger partial charge in [0.15, 0.2) is 0 Å². The molecule has 0 aliphatic heterocycles. The Balaban J connectivity index is 1.79. The van der Waals surface area contributed by atoms with Gasteiger partial charge in [-0.2, -0.15) is 0 Å². The van der Waals surface area contributed by atoms with Gasteiger partial charge >= 0.3 is 0 Å². The van der Waals surface area contributed by atoms with Crippen LogP contribution in [0.1, 0.15) is 27.4 Å². The molecule has 0 unspecified atom stereocenters. The second kappa shape index (κ2) is 8.38. The number of carbonyl (C=O) groups excluding carboxylic acids is 2. The number of phenolic OH excluding ortho intramolecular Hbond substituents is 1. The van der Waals surface area contributed by atoms with Gasteiger partial charge in [-0.3, -0.25) is 20.4 Å². The van der Waals surface area contributed by atoms with Crippen molar-refractivity contribution in [3.8, 4) is 5.75 Å². The normalized spacial score (nSPS) is 10.4. The Morgan fingerprint density at radius 3 is 1.93 bits per heavy atom. The Morgan fingerprint density at radius 1 is 0.815 bits per heavy atom. The van der Waals surface area contributed by atoms with E-state index in [1.165, 1.54) is 18.2 Å². The second-order valence-electron chi connectivity index (χ2n) is 5.86. The number of nitrogens with one attached hydrogen (secondary N) is 2. The van der Waals surface area contributed by atoms with E-state index in [2.05, 4.69) is 10.9 Å². The van der Waals surface area contributed by atoms with Gasteiger partial charge in [-0.05, 0) is 29.3 Å². The standard InChI is InChI=1S/C21H17ClN2O3/c22-16-11-12-18(25)17(13-16)20(26)23-24-21(27)19(14-7-3-1-4-8-14)15-9-5-2-6-10-15/h1-13,19,25H,(H,23,26)(H,24,27). The smallest absolute Gasteiger partial charge is 0.273 e. The molecule has 6 heteroatoms. The van der Waals surface area contributed by atoms with Crippen molar-refractivity contribution in [1.82, 2.24) is 10.9 Å². The zero-order chi connectivity index (χ0) is 19.2. The minimum Gasteiger partial charge on any atom is -0.507 e. The molecule has 3 aromatic rings. The van der Waals surface area contributed by atoms with Crippen LogP contribution in [0.4, 0.5) is 0 Å². The molecule has 0 saturated heterocycles. The molecule has 0 fully saturated rings. The first-order chi connectivity index (χ1) is 13.1. The molecule has 0 heterocycles. The van der Waals surface area contributed by atoms with Crippen molar-refractivity contribution in [2.24, 2.45) is 0 Å². The van der Waals surface area contributed by atoms with Crippen molar-refractivity contribution in [2.75, 3.05) is 0 Å². The fourth-order valence-corrected chi connectivity index (χ4v) is 2.91. The van der Waals surface area contributed by atoms with Crippen LogP contribution in [0.3, 0.4) is 0 Å². The monoisotopic (exact) mass is 380 g/mol. The van der Waals surface area contributed by atoms with Gasteiger partial charge in [0, 0.05) is 5.02 Å². The van der Waals surface area contributed by atoms with E-state index >= 15 is 0 Å². The van der Waals surface area contributed by atoms with Crippen molar-refractivity contribution in [3.05, 3.63) is 101 Å². The number of amides is 2. The lowest BCUT2D eigenvalue weighted by atomic mass is 9.91. The molecule has 3 aromatic carbocycles. The number of hydrogen-bond acceptors (Lipinski definition) is 3. The predicted octanol–water partition coefficient (Wildman–Crippen LogP) is 3.64. The van der Waals surface area contributed by atoms with Crippen molar-refractivity contribution in [1.29, 1.82) is 0 Å². The third kappa shape index (κ3) is 4.46. The summed E-state index contributed by atoms with van der Waals surface area (Å²) in [6, 6.07) is 22.6. The molecule has 0 aliphatic rings. The van der Waals surface area contributed by atoms with E-state index < -0.39 is 17.7 Å². The third-order valence-electron chi connectivity index (χ3n) is 4.03. The molecule has 0 bridgehead atoms. The average Bonchev–Trinajstić information content (AvgIpc) is 2.70. The van der Waals surface area contributed by atoms with E-state index in [9.17, 15) is 14.7 Å². The Bertz CT molecular complexity index is 907. The van der Waals surface area contributed by atoms with Gasteiger partial charge < -0.3 is 5.11 Å². The summed E-state index contributed by atoms with van der Waals surface area (Å²) in [6.45, 7) is 0. The number of aromatic hydroxyl groups is 1. The summed E-state index contributed by atoms with van der Waals surface area (Å²) in [6.07, 6.45) is 0. The van der Waals surface area contributed by atoms with Crippen LogP contribution < -0.4 is 10.9 Å². The highest BCUT2D eigenvalue weighted by molar-refractivity contribution is 6.31. The summed E-state index contributed by atoms with van der Waals surface area (Å²) in [7, 11) is 0. The van der Waals surface area contributed by atoms with Crippen LogP contribution in [0.15, 0.2) is 78.9 Å². The highest BCUT2D eigenvalue weighted by atomic mass is 35.5. The quantitative estimate of drug-likeness (QED) is 0.605. The van der Waals surface area contributed by atoms with Crippen LogP contribution in [-0.4, -0.2) is 16.9 Å². The van der Waals surface area contributed by atoms with Crippen LogP contribution in [0.25, 0.3) is 0 Å². The molecule has 3 N–H and O–H groups in total. The zero-order valence-electron chi connectivity index (χ0n) is 14.2. The average molecular weight is 381 g/mol. The summed E-state index contributed by atoms with van der Waals surface area (Å²) in [5, 5.41) is 10.1. The van der Waals surface area contributed by atoms with E-state index in [1.54, 1.807) is 0 Å². The summed E-state index contributed by atoms with van der Waals surface area (Å²) in [4.78, 5) is 25.1. The fraction of sp³-hybridized carbons (Fsp3) is 0.0476. The maximum absolute atomic E-state index is 12.8. The number of halogens is 1. The first-order valence-electron chi connectivity index (χ1n) is 8.25. The van der Waals surface area contributed by atoms with Crippen LogP contribution in [-0.2, 0) is 4.79 Å². The van der Waals surface area contributed by atoms with Crippen molar-refractivity contribution >= 4 is 23.4 Å².